The lowest BCUT2D eigenvalue weighted by Gasteiger charge is -2.05. The Balaban J connectivity index is 3.34. The summed E-state index contributed by atoms with van der Waals surface area (Å²) in [5.74, 6) is 0.0592. The molecular formula is C8H4ClF2IN2. The van der Waals surface area contributed by atoms with Gasteiger partial charge in [-0.05, 0) is 28.7 Å². The molecule has 74 valence electrons. The minimum Gasteiger partial charge on any atom is -0.248 e. The van der Waals surface area contributed by atoms with Crippen molar-refractivity contribution in [3.05, 3.63) is 26.6 Å². The zero-order chi connectivity index (χ0) is 10.7. The third kappa shape index (κ3) is 2.30. The molecule has 0 amide bonds. The van der Waals surface area contributed by atoms with Crippen LogP contribution in [0.4, 0.5) is 8.78 Å². The van der Waals surface area contributed by atoms with E-state index in [2.05, 4.69) is 4.98 Å². The third-order valence-corrected chi connectivity index (χ3v) is 2.72. The van der Waals surface area contributed by atoms with Gasteiger partial charge < -0.3 is 0 Å². The zero-order valence-corrected chi connectivity index (χ0v) is 9.68. The van der Waals surface area contributed by atoms with Gasteiger partial charge in [-0.2, -0.15) is 5.26 Å². The van der Waals surface area contributed by atoms with Gasteiger partial charge in [0.1, 0.15) is 11.8 Å². The van der Waals surface area contributed by atoms with E-state index in [1.165, 1.54) is 6.07 Å². The quantitative estimate of drug-likeness (QED) is 0.617. The van der Waals surface area contributed by atoms with E-state index < -0.39 is 12.1 Å². The summed E-state index contributed by atoms with van der Waals surface area (Å²) in [6.45, 7) is 0. The summed E-state index contributed by atoms with van der Waals surface area (Å²) in [5.41, 5.74) is -0.219. The van der Waals surface area contributed by atoms with Crippen LogP contribution in [0.3, 0.4) is 0 Å². The largest absolute Gasteiger partial charge is 0.281 e. The lowest BCUT2D eigenvalue weighted by Crippen LogP contribution is -2.01. The van der Waals surface area contributed by atoms with Gasteiger partial charge in [-0.3, -0.25) is 0 Å². The van der Waals surface area contributed by atoms with Crippen molar-refractivity contribution < 1.29 is 8.78 Å². The van der Waals surface area contributed by atoms with Gasteiger partial charge in [-0.1, -0.05) is 0 Å². The second-order valence-corrected chi connectivity index (χ2v) is 3.83. The Morgan fingerprint density at radius 2 is 2.29 bits per heavy atom. The number of pyridine rings is 1. The first-order chi connectivity index (χ1) is 6.60. The van der Waals surface area contributed by atoms with E-state index in [0.29, 0.717) is 9.26 Å². The van der Waals surface area contributed by atoms with Gasteiger partial charge in [0.25, 0.3) is 6.43 Å². The number of nitriles is 1. The number of hydrogen-bond donors (Lipinski definition) is 0. The molecule has 0 N–H and O–H groups in total. The molecule has 0 fully saturated rings. The van der Waals surface area contributed by atoms with Crippen LogP contribution >= 0.6 is 34.2 Å². The van der Waals surface area contributed by atoms with Crippen molar-refractivity contribution in [2.24, 2.45) is 0 Å². The minimum absolute atomic E-state index is 0.0592. The molecule has 1 rings (SSSR count). The summed E-state index contributed by atoms with van der Waals surface area (Å²) in [4.78, 5) is 3.65. The standard InChI is InChI=1S/C8H4ClF2IN2/c9-2-6-5(12)1-4(3-13)7(14-6)8(10)11/h1,8H,2H2. The maximum absolute atomic E-state index is 12.4. The SMILES string of the molecule is N#Cc1cc(I)c(CCl)nc1C(F)F. The highest BCUT2D eigenvalue weighted by atomic mass is 127. The number of alkyl halides is 3. The van der Waals surface area contributed by atoms with Crippen LogP contribution in [0.15, 0.2) is 6.07 Å². The molecule has 0 aliphatic carbocycles. The van der Waals surface area contributed by atoms with Crippen LogP contribution in [0, 0.1) is 14.9 Å². The van der Waals surface area contributed by atoms with Crippen LogP contribution in [0.5, 0.6) is 0 Å². The molecule has 1 aromatic rings. The first-order valence-corrected chi connectivity index (χ1v) is 5.15. The lowest BCUT2D eigenvalue weighted by molar-refractivity contribution is 0.145. The summed E-state index contributed by atoms with van der Waals surface area (Å²) in [6.07, 6.45) is -2.75. The minimum atomic E-state index is -2.75. The van der Waals surface area contributed by atoms with Gasteiger partial charge in [0.2, 0.25) is 0 Å². The molecule has 1 aromatic heterocycles. The third-order valence-electron chi connectivity index (χ3n) is 1.53. The summed E-state index contributed by atoms with van der Waals surface area (Å²) >= 11 is 7.42. The number of aromatic nitrogens is 1. The van der Waals surface area contributed by atoms with E-state index in [9.17, 15) is 8.78 Å². The van der Waals surface area contributed by atoms with Crippen LogP contribution in [-0.2, 0) is 5.88 Å². The molecule has 14 heavy (non-hydrogen) atoms. The highest BCUT2D eigenvalue weighted by Gasteiger charge is 2.17. The lowest BCUT2D eigenvalue weighted by atomic mass is 10.2. The average molecular weight is 328 g/mol. The Kier molecular flexibility index (Phi) is 4.01. The summed E-state index contributed by atoms with van der Waals surface area (Å²) < 4.78 is 25.4. The monoisotopic (exact) mass is 328 g/mol. The molecule has 1 heterocycles. The van der Waals surface area contributed by atoms with Gasteiger partial charge >= 0.3 is 0 Å². The molecule has 0 aromatic carbocycles. The van der Waals surface area contributed by atoms with Gasteiger partial charge in [0.05, 0.1) is 17.1 Å². The van der Waals surface area contributed by atoms with Crippen molar-refractivity contribution >= 4 is 34.2 Å². The number of hydrogen-bond acceptors (Lipinski definition) is 2. The van der Waals surface area contributed by atoms with Crippen molar-refractivity contribution in [3.8, 4) is 6.07 Å². The zero-order valence-electron chi connectivity index (χ0n) is 6.77. The van der Waals surface area contributed by atoms with E-state index in [-0.39, 0.29) is 11.4 Å². The molecule has 0 aliphatic heterocycles. The highest BCUT2D eigenvalue weighted by molar-refractivity contribution is 14.1. The van der Waals surface area contributed by atoms with E-state index in [1.807, 2.05) is 22.6 Å². The molecule has 0 atom stereocenters. The highest BCUT2D eigenvalue weighted by Crippen LogP contribution is 2.24. The molecule has 0 unspecified atom stereocenters. The summed E-state index contributed by atoms with van der Waals surface area (Å²) in [5, 5.41) is 8.60. The maximum Gasteiger partial charge on any atom is 0.281 e. The Morgan fingerprint density at radius 3 is 2.71 bits per heavy atom. The Labute approximate surface area is 98.0 Å². The predicted octanol–water partition coefficient (Wildman–Crippen LogP) is 3.23. The molecule has 0 saturated carbocycles. The predicted molar refractivity (Wildman–Crippen MR) is 56.2 cm³/mol. The second kappa shape index (κ2) is 4.84. The number of halogens is 4. The molecule has 0 saturated heterocycles. The van der Waals surface area contributed by atoms with E-state index in [1.54, 1.807) is 6.07 Å². The van der Waals surface area contributed by atoms with Crippen LogP contribution in [0.1, 0.15) is 23.4 Å². The Hall–Kier alpha value is -0.480. The average Bonchev–Trinajstić information content (AvgIpc) is 2.16. The Bertz CT molecular complexity index is 390. The molecule has 0 spiro atoms. The van der Waals surface area contributed by atoms with Crippen molar-refractivity contribution in [1.29, 1.82) is 5.26 Å². The molecule has 2 nitrogen and oxygen atoms in total. The van der Waals surface area contributed by atoms with Gasteiger partial charge in [0.15, 0.2) is 0 Å². The first-order valence-electron chi connectivity index (χ1n) is 3.53. The fraction of sp³-hybridized carbons (Fsp3) is 0.250. The van der Waals surface area contributed by atoms with Crippen molar-refractivity contribution in [2.75, 3.05) is 0 Å². The molecule has 6 heteroatoms. The van der Waals surface area contributed by atoms with Crippen LogP contribution in [0.2, 0.25) is 0 Å². The molecule has 0 aliphatic rings. The smallest absolute Gasteiger partial charge is 0.248 e. The van der Waals surface area contributed by atoms with Crippen molar-refractivity contribution in [1.82, 2.24) is 4.98 Å². The summed E-state index contributed by atoms with van der Waals surface area (Å²) in [6, 6.07) is 3.05. The van der Waals surface area contributed by atoms with E-state index in [0.717, 1.165) is 0 Å². The van der Waals surface area contributed by atoms with Crippen molar-refractivity contribution in [3.63, 3.8) is 0 Å². The number of rotatable bonds is 2. The molecule has 0 bridgehead atoms. The van der Waals surface area contributed by atoms with E-state index >= 15 is 0 Å². The van der Waals surface area contributed by atoms with Crippen molar-refractivity contribution in [2.45, 2.75) is 12.3 Å². The van der Waals surface area contributed by atoms with Gasteiger partial charge in [-0.25, -0.2) is 13.8 Å². The van der Waals surface area contributed by atoms with Crippen LogP contribution in [-0.4, -0.2) is 4.98 Å². The first kappa shape index (κ1) is 11.6. The van der Waals surface area contributed by atoms with Crippen LogP contribution in [0.25, 0.3) is 0 Å². The maximum atomic E-state index is 12.4. The summed E-state index contributed by atoms with van der Waals surface area (Å²) in [7, 11) is 0. The van der Waals surface area contributed by atoms with E-state index in [4.69, 9.17) is 16.9 Å². The van der Waals surface area contributed by atoms with Gasteiger partial charge in [0, 0.05) is 3.57 Å². The second-order valence-electron chi connectivity index (χ2n) is 2.40. The molecular weight excluding hydrogens is 324 g/mol. The molecule has 0 radical (unpaired) electrons. The Morgan fingerprint density at radius 1 is 1.64 bits per heavy atom. The van der Waals surface area contributed by atoms with Gasteiger partial charge in [-0.15, -0.1) is 11.6 Å². The normalized spacial score (nSPS) is 10.3. The number of nitrogens with zero attached hydrogens (tertiary/aromatic N) is 2. The topological polar surface area (TPSA) is 36.7 Å². The van der Waals surface area contributed by atoms with Crippen LogP contribution < -0.4 is 0 Å². The fourth-order valence-electron chi connectivity index (χ4n) is 0.893. The fourth-order valence-corrected chi connectivity index (χ4v) is 1.94.